The van der Waals surface area contributed by atoms with E-state index in [1.165, 1.54) is 16.9 Å². The van der Waals surface area contributed by atoms with Crippen molar-refractivity contribution in [1.29, 1.82) is 0 Å². The molecule has 0 fully saturated rings. The zero-order valence-electron chi connectivity index (χ0n) is 15.5. The van der Waals surface area contributed by atoms with Crippen molar-refractivity contribution in [2.45, 2.75) is 67.4 Å². The van der Waals surface area contributed by atoms with Crippen molar-refractivity contribution in [3.05, 3.63) is 21.7 Å². The highest BCUT2D eigenvalue weighted by Gasteiger charge is 2.25. The lowest BCUT2D eigenvalue weighted by atomic mass is 10.0. The van der Waals surface area contributed by atoms with E-state index < -0.39 is 5.60 Å². The second-order valence-electron chi connectivity index (χ2n) is 6.18. The van der Waals surface area contributed by atoms with Crippen LogP contribution in [-0.2, 0) is 11.2 Å². The molecule has 128 valence electrons. The number of carbonyl (C=O) groups excluding carboxylic acids is 1. The van der Waals surface area contributed by atoms with Crippen LogP contribution in [0.3, 0.4) is 0 Å². The summed E-state index contributed by atoms with van der Waals surface area (Å²) in [6.07, 6.45) is 0.900. The van der Waals surface area contributed by atoms with E-state index in [9.17, 15) is 4.79 Å². The van der Waals surface area contributed by atoms with E-state index in [1.54, 1.807) is 0 Å². The molecule has 0 bridgehead atoms. The van der Waals surface area contributed by atoms with Gasteiger partial charge in [0.1, 0.15) is 15.3 Å². The van der Waals surface area contributed by atoms with E-state index in [-0.39, 0.29) is 5.97 Å². The van der Waals surface area contributed by atoms with E-state index in [0.717, 1.165) is 27.9 Å². The Morgan fingerprint density at radius 1 is 1.26 bits per heavy atom. The topological polar surface area (TPSA) is 65.2 Å². The highest BCUT2D eigenvalue weighted by molar-refractivity contribution is 7.21. The molecule has 23 heavy (non-hydrogen) atoms. The minimum Gasteiger partial charge on any atom is -0.456 e. The Morgan fingerprint density at radius 3 is 2.30 bits per heavy atom. The Balaban J connectivity index is 0.00000127. The normalized spacial score (nSPS) is 11.1. The molecule has 5 heteroatoms. The molecule has 2 aromatic heterocycles. The van der Waals surface area contributed by atoms with Crippen LogP contribution in [0.5, 0.6) is 0 Å². The molecule has 0 unspecified atom stereocenters. The fourth-order valence-electron chi connectivity index (χ4n) is 2.51. The zero-order chi connectivity index (χ0) is 17.9. The first-order chi connectivity index (χ1) is 10.7. The number of hydrogen-bond donors (Lipinski definition) is 1. The largest absolute Gasteiger partial charge is 0.456 e. The number of rotatable bonds is 2. The smallest absolute Gasteiger partial charge is 0.351 e. The summed E-state index contributed by atoms with van der Waals surface area (Å²) in [5.74, 6) is -0.377. The van der Waals surface area contributed by atoms with Gasteiger partial charge in [-0.1, -0.05) is 20.8 Å². The van der Waals surface area contributed by atoms with Gasteiger partial charge in [0.25, 0.3) is 0 Å². The van der Waals surface area contributed by atoms with E-state index in [1.807, 2.05) is 48.5 Å². The third-order valence-corrected chi connectivity index (χ3v) is 4.48. The third kappa shape index (κ3) is 4.02. The first kappa shape index (κ1) is 19.4. The molecule has 0 spiro atoms. The van der Waals surface area contributed by atoms with Crippen molar-refractivity contribution in [2.24, 2.45) is 0 Å². The van der Waals surface area contributed by atoms with Crippen LogP contribution in [0, 0.1) is 13.8 Å². The van der Waals surface area contributed by atoms with Gasteiger partial charge >= 0.3 is 5.97 Å². The molecular weight excluding hydrogens is 308 g/mol. The third-order valence-electron chi connectivity index (χ3n) is 3.40. The Bertz CT molecular complexity index is 712. The van der Waals surface area contributed by atoms with E-state index >= 15 is 0 Å². The second-order valence-corrected chi connectivity index (χ2v) is 7.18. The number of carbonyl (C=O) groups is 1. The van der Waals surface area contributed by atoms with Crippen molar-refractivity contribution in [1.82, 2.24) is 4.98 Å². The number of nitrogens with two attached hydrogens (primary N) is 1. The number of aromatic nitrogens is 1. The number of nitrogens with zero attached hydrogens (tertiary/aromatic N) is 1. The Labute approximate surface area is 143 Å². The maximum Gasteiger partial charge on any atom is 0.351 e. The molecule has 0 atom stereocenters. The fraction of sp³-hybridized carbons (Fsp3) is 0.556. The predicted molar refractivity (Wildman–Crippen MR) is 99.4 cm³/mol. The van der Waals surface area contributed by atoms with Gasteiger partial charge in [0, 0.05) is 11.1 Å². The van der Waals surface area contributed by atoms with Crippen molar-refractivity contribution in [2.75, 3.05) is 5.73 Å². The molecular formula is C18H28N2O2S. The molecule has 0 aliphatic carbocycles. The van der Waals surface area contributed by atoms with E-state index in [0.29, 0.717) is 10.6 Å². The average Bonchev–Trinajstić information content (AvgIpc) is 2.76. The fourth-order valence-corrected chi connectivity index (χ4v) is 3.59. The minimum atomic E-state index is -0.535. The molecule has 0 saturated heterocycles. The number of hydrogen-bond acceptors (Lipinski definition) is 5. The van der Waals surface area contributed by atoms with Crippen LogP contribution in [0.1, 0.15) is 68.0 Å². The standard InChI is InChI=1S/C16H22N2O2S.C2H6/c1-7-10-8(2)11-12(17)13(15(19)20-16(4,5)6)21-14(11)18-9(10)3;1-2/h7,17H2,1-6H3;1-2H3. The quantitative estimate of drug-likeness (QED) is 0.780. The van der Waals surface area contributed by atoms with Gasteiger partial charge in [0.15, 0.2) is 0 Å². The number of ether oxygens (including phenoxy) is 1. The number of aryl methyl sites for hydroxylation is 2. The Kier molecular flexibility index (Phi) is 6.17. The summed E-state index contributed by atoms with van der Waals surface area (Å²) in [6, 6.07) is 0. The number of thiophene rings is 1. The number of fused-ring (bicyclic) bond motifs is 1. The zero-order valence-corrected chi connectivity index (χ0v) is 16.3. The van der Waals surface area contributed by atoms with Gasteiger partial charge in [-0.15, -0.1) is 11.3 Å². The lowest BCUT2D eigenvalue weighted by Crippen LogP contribution is -2.23. The van der Waals surface area contributed by atoms with Gasteiger partial charge in [0.2, 0.25) is 0 Å². The van der Waals surface area contributed by atoms with Gasteiger partial charge in [0.05, 0.1) is 5.69 Å². The molecule has 2 aromatic rings. The maximum absolute atomic E-state index is 12.3. The van der Waals surface area contributed by atoms with Gasteiger partial charge in [-0.2, -0.15) is 0 Å². The maximum atomic E-state index is 12.3. The highest BCUT2D eigenvalue weighted by Crippen LogP contribution is 2.37. The lowest BCUT2D eigenvalue weighted by Gasteiger charge is -2.18. The summed E-state index contributed by atoms with van der Waals surface area (Å²) < 4.78 is 5.42. The van der Waals surface area contributed by atoms with Crippen LogP contribution in [0.15, 0.2) is 0 Å². The minimum absolute atomic E-state index is 0.377. The predicted octanol–water partition coefficient (Wildman–Crippen LogP) is 5.04. The van der Waals surface area contributed by atoms with Crippen LogP contribution in [0.4, 0.5) is 5.69 Å². The van der Waals surface area contributed by atoms with Crippen LogP contribution in [-0.4, -0.2) is 16.6 Å². The first-order valence-electron chi connectivity index (χ1n) is 8.07. The van der Waals surface area contributed by atoms with Crippen LogP contribution >= 0.6 is 11.3 Å². The molecule has 2 N–H and O–H groups in total. The summed E-state index contributed by atoms with van der Waals surface area (Å²) in [5, 5.41) is 0.892. The summed E-state index contributed by atoms with van der Waals surface area (Å²) >= 11 is 1.31. The van der Waals surface area contributed by atoms with Crippen LogP contribution in [0.25, 0.3) is 10.2 Å². The molecule has 2 rings (SSSR count). The SMILES string of the molecule is CC.CCc1c(C)nc2sc(C(=O)OC(C)(C)C)c(N)c2c1C. The van der Waals surface area contributed by atoms with Crippen molar-refractivity contribution < 1.29 is 9.53 Å². The van der Waals surface area contributed by atoms with Crippen LogP contribution in [0.2, 0.25) is 0 Å². The molecule has 0 radical (unpaired) electrons. The molecule has 4 nitrogen and oxygen atoms in total. The number of esters is 1. The molecule has 2 heterocycles. The second kappa shape index (κ2) is 7.30. The van der Waals surface area contributed by atoms with Crippen molar-refractivity contribution >= 4 is 33.2 Å². The molecule has 0 amide bonds. The van der Waals surface area contributed by atoms with Crippen molar-refractivity contribution in [3.8, 4) is 0 Å². The number of nitrogen functional groups attached to an aromatic ring is 1. The van der Waals surface area contributed by atoms with Gasteiger partial charge < -0.3 is 10.5 Å². The molecule has 0 aliphatic heterocycles. The Hall–Kier alpha value is -1.62. The molecule has 0 aliphatic rings. The Morgan fingerprint density at radius 2 is 1.83 bits per heavy atom. The van der Waals surface area contributed by atoms with Gasteiger partial charge in [-0.25, -0.2) is 9.78 Å². The highest BCUT2D eigenvalue weighted by atomic mass is 32.1. The van der Waals surface area contributed by atoms with Crippen LogP contribution < -0.4 is 5.73 Å². The first-order valence-corrected chi connectivity index (χ1v) is 8.88. The van der Waals surface area contributed by atoms with Gasteiger partial charge in [-0.05, 0) is 52.2 Å². The summed E-state index contributed by atoms with van der Waals surface area (Å²) in [4.78, 5) is 18.1. The van der Waals surface area contributed by atoms with E-state index in [4.69, 9.17) is 10.5 Å². The molecule has 0 saturated carbocycles. The van der Waals surface area contributed by atoms with E-state index in [2.05, 4.69) is 11.9 Å². The van der Waals surface area contributed by atoms with Gasteiger partial charge in [-0.3, -0.25) is 0 Å². The monoisotopic (exact) mass is 336 g/mol. The number of anilines is 1. The number of pyridine rings is 1. The summed E-state index contributed by atoms with van der Waals surface area (Å²) in [5.41, 5.74) is 9.47. The molecule has 0 aromatic carbocycles. The summed E-state index contributed by atoms with van der Waals surface area (Å²) in [6.45, 7) is 15.7. The van der Waals surface area contributed by atoms with Crippen molar-refractivity contribution in [3.63, 3.8) is 0 Å². The lowest BCUT2D eigenvalue weighted by molar-refractivity contribution is 0.00764. The average molecular weight is 337 g/mol. The summed E-state index contributed by atoms with van der Waals surface area (Å²) in [7, 11) is 0.